The molecule has 0 atom stereocenters. The van der Waals surface area contributed by atoms with Crippen LogP contribution in [0.4, 0.5) is 5.82 Å². The summed E-state index contributed by atoms with van der Waals surface area (Å²) in [5, 5.41) is 4.57. The molecule has 0 bridgehead atoms. The molecule has 4 rings (SSSR count). The molecule has 7 nitrogen and oxygen atoms in total. The van der Waals surface area contributed by atoms with Gasteiger partial charge >= 0.3 is 0 Å². The second-order valence-corrected chi connectivity index (χ2v) is 7.49. The number of amides is 1. The van der Waals surface area contributed by atoms with Crippen molar-refractivity contribution in [1.82, 2.24) is 15.0 Å². The van der Waals surface area contributed by atoms with Crippen LogP contribution in [0.3, 0.4) is 0 Å². The quantitative estimate of drug-likeness (QED) is 0.635. The van der Waals surface area contributed by atoms with Crippen LogP contribution < -0.4 is 10.1 Å². The fraction of sp³-hybridized carbons (Fsp3) is 0.350. The molecule has 1 aliphatic rings. The van der Waals surface area contributed by atoms with Gasteiger partial charge in [-0.15, -0.1) is 11.8 Å². The molecule has 0 radical (unpaired) electrons. The number of anilines is 1. The highest BCUT2D eigenvalue weighted by atomic mass is 32.2. The van der Waals surface area contributed by atoms with E-state index in [-0.39, 0.29) is 12.0 Å². The number of fused-ring (bicyclic) bond motifs is 1. The number of ether oxygens (including phenoxy) is 2. The molecule has 1 amide bonds. The number of pyridine rings is 2. The van der Waals surface area contributed by atoms with E-state index in [2.05, 4.69) is 15.3 Å². The third-order valence-electron chi connectivity index (χ3n) is 4.60. The van der Waals surface area contributed by atoms with Gasteiger partial charge in [0.25, 0.3) is 0 Å². The fourth-order valence-electron chi connectivity index (χ4n) is 3.26. The van der Waals surface area contributed by atoms with E-state index in [0.29, 0.717) is 5.82 Å². The average Bonchev–Trinajstić information content (AvgIpc) is 3.11. The Bertz CT molecular complexity index is 998. The Balaban J connectivity index is 1.71. The monoisotopic (exact) mass is 398 g/mol. The lowest BCUT2D eigenvalue weighted by Gasteiger charge is -2.23. The minimum atomic E-state index is -0.154. The summed E-state index contributed by atoms with van der Waals surface area (Å²) < 4.78 is 11.6. The van der Waals surface area contributed by atoms with Crippen LogP contribution in [0.15, 0.2) is 35.6 Å². The molecular formula is C20H22N4O3S. The van der Waals surface area contributed by atoms with E-state index >= 15 is 0 Å². The van der Waals surface area contributed by atoms with E-state index in [0.717, 1.165) is 59.0 Å². The number of rotatable bonds is 5. The van der Waals surface area contributed by atoms with Crippen molar-refractivity contribution in [1.29, 1.82) is 0 Å². The predicted octanol–water partition coefficient (Wildman–Crippen LogP) is 3.86. The van der Waals surface area contributed by atoms with Crippen LogP contribution in [-0.4, -0.2) is 46.4 Å². The smallest absolute Gasteiger partial charge is 0.222 e. The number of carbonyl (C=O) groups excluding carboxylic acids is 1. The van der Waals surface area contributed by atoms with E-state index in [9.17, 15) is 4.79 Å². The number of thioether (sulfide) groups is 1. The molecule has 1 fully saturated rings. The maximum absolute atomic E-state index is 11.4. The van der Waals surface area contributed by atoms with Crippen molar-refractivity contribution in [2.75, 3.05) is 24.8 Å². The van der Waals surface area contributed by atoms with Crippen LogP contribution in [-0.2, 0) is 9.53 Å². The highest BCUT2D eigenvalue weighted by Crippen LogP contribution is 2.33. The third kappa shape index (κ3) is 4.13. The van der Waals surface area contributed by atoms with Gasteiger partial charge < -0.3 is 19.8 Å². The van der Waals surface area contributed by atoms with Gasteiger partial charge in [0.05, 0.1) is 30.6 Å². The Morgan fingerprint density at radius 2 is 2.14 bits per heavy atom. The van der Waals surface area contributed by atoms with Crippen molar-refractivity contribution in [3.8, 4) is 17.0 Å². The van der Waals surface area contributed by atoms with Crippen LogP contribution in [0.2, 0.25) is 0 Å². The molecule has 146 valence electrons. The first-order valence-corrected chi connectivity index (χ1v) is 10.4. The van der Waals surface area contributed by atoms with Gasteiger partial charge in [-0.3, -0.25) is 4.79 Å². The van der Waals surface area contributed by atoms with Crippen LogP contribution in [0.25, 0.3) is 22.2 Å². The zero-order valence-electron chi connectivity index (χ0n) is 15.8. The zero-order chi connectivity index (χ0) is 19.5. The lowest BCUT2D eigenvalue weighted by atomic mass is 10.1. The Kier molecular flexibility index (Phi) is 5.50. The van der Waals surface area contributed by atoms with Crippen molar-refractivity contribution in [3.05, 3.63) is 30.6 Å². The molecule has 0 spiro atoms. The molecule has 3 aromatic heterocycles. The Morgan fingerprint density at radius 1 is 1.32 bits per heavy atom. The topological polar surface area (TPSA) is 89.1 Å². The maximum atomic E-state index is 11.4. The van der Waals surface area contributed by atoms with Gasteiger partial charge in [-0.1, -0.05) is 0 Å². The predicted molar refractivity (Wildman–Crippen MR) is 110 cm³/mol. The number of aromatic nitrogens is 3. The molecule has 3 aromatic rings. The summed E-state index contributed by atoms with van der Waals surface area (Å²) in [4.78, 5) is 23.6. The summed E-state index contributed by atoms with van der Waals surface area (Å²) >= 11 is 1.58. The second kappa shape index (κ2) is 8.20. The number of nitrogens with one attached hydrogen (secondary N) is 2. The molecular weight excluding hydrogens is 376 g/mol. The third-order valence-corrected chi connectivity index (χ3v) is 5.23. The summed E-state index contributed by atoms with van der Waals surface area (Å²) in [6.45, 7) is 2.94. The van der Waals surface area contributed by atoms with Crippen LogP contribution in [0.1, 0.15) is 19.8 Å². The zero-order valence-corrected chi connectivity index (χ0v) is 16.6. The largest absolute Gasteiger partial charge is 0.490 e. The summed E-state index contributed by atoms with van der Waals surface area (Å²) in [6, 6.07) is 5.80. The number of aromatic amines is 1. The minimum absolute atomic E-state index is 0.154. The SMILES string of the molecule is CSc1cc(OC2CCOCC2)cc(-c2c[nH]c3cnc(NC(C)=O)cc23)n1. The van der Waals surface area contributed by atoms with Crippen molar-refractivity contribution < 1.29 is 14.3 Å². The first-order valence-electron chi connectivity index (χ1n) is 9.18. The van der Waals surface area contributed by atoms with Crippen molar-refractivity contribution in [2.45, 2.75) is 30.9 Å². The molecule has 1 saturated heterocycles. The molecule has 0 unspecified atom stereocenters. The summed E-state index contributed by atoms with van der Waals surface area (Å²) in [5.41, 5.74) is 2.64. The standard InChI is InChI=1S/C20H22N4O3S/c1-12(25)23-19-9-15-16(10-21-18(15)11-22-19)17-7-14(8-20(24-17)28-2)27-13-3-5-26-6-4-13/h7-11,13,21H,3-6H2,1-2H3,(H,22,23,25). The fourth-order valence-corrected chi connectivity index (χ4v) is 3.68. The molecule has 0 aromatic carbocycles. The first kappa shape index (κ1) is 18.8. The van der Waals surface area contributed by atoms with E-state index in [1.165, 1.54) is 6.92 Å². The normalized spacial score (nSPS) is 14.9. The summed E-state index contributed by atoms with van der Waals surface area (Å²) in [5.74, 6) is 1.17. The van der Waals surface area contributed by atoms with E-state index < -0.39 is 0 Å². The lowest BCUT2D eigenvalue weighted by Crippen LogP contribution is -2.25. The highest BCUT2D eigenvalue weighted by molar-refractivity contribution is 7.98. The number of hydrogen-bond donors (Lipinski definition) is 2. The number of H-pyrrole nitrogens is 1. The highest BCUT2D eigenvalue weighted by Gasteiger charge is 2.17. The van der Waals surface area contributed by atoms with Crippen LogP contribution in [0.5, 0.6) is 5.75 Å². The van der Waals surface area contributed by atoms with Crippen molar-refractivity contribution >= 4 is 34.4 Å². The average molecular weight is 398 g/mol. The Morgan fingerprint density at radius 3 is 2.89 bits per heavy atom. The first-order chi connectivity index (χ1) is 13.6. The Labute approximate surface area is 167 Å². The van der Waals surface area contributed by atoms with Gasteiger partial charge in [-0.25, -0.2) is 9.97 Å². The molecule has 4 heterocycles. The molecule has 0 saturated carbocycles. The molecule has 8 heteroatoms. The lowest BCUT2D eigenvalue weighted by molar-refractivity contribution is -0.114. The van der Waals surface area contributed by atoms with Gasteiger partial charge in [0, 0.05) is 49.0 Å². The van der Waals surface area contributed by atoms with Crippen molar-refractivity contribution in [2.24, 2.45) is 0 Å². The summed E-state index contributed by atoms with van der Waals surface area (Å²) in [7, 11) is 0. The van der Waals surface area contributed by atoms with Crippen LogP contribution >= 0.6 is 11.8 Å². The molecule has 1 aliphatic heterocycles. The van der Waals surface area contributed by atoms with Gasteiger partial charge in [-0.2, -0.15) is 0 Å². The number of nitrogens with zero attached hydrogens (tertiary/aromatic N) is 2. The van der Waals surface area contributed by atoms with E-state index in [4.69, 9.17) is 14.5 Å². The van der Waals surface area contributed by atoms with E-state index in [1.54, 1.807) is 18.0 Å². The maximum Gasteiger partial charge on any atom is 0.222 e. The molecule has 28 heavy (non-hydrogen) atoms. The number of carbonyl (C=O) groups is 1. The van der Waals surface area contributed by atoms with Gasteiger partial charge in [0.15, 0.2) is 0 Å². The van der Waals surface area contributed by atoms with Gasteiger partial charge in [-0.05, 0) is 12.3 Å². The van der Waals surface area contributed by atoms with Gasteiger partial charge in [0.1, 0.15) is 22.7 Å². The van der Waals surface area contributed by atoms with Crippen LogP contribution in [0, 0.1) is 0 Å². The van der Waals surface area contributed by atoms with Crippen molar-refractivity contribution in [3.63, 3.8) is 0 Å². The molecule has 0 aliphatic carbocycles. The van der Waals surface area contributed by atoms with E-state index in [1.807, 2.05) is 30.7 Å². The summed E-state index contributed by atoms with van der Waals surface area (Å²) in [6.07, 6.45) is 7.57. The van der Waals surface area contributed by atoms with Gasteiger partial charge in [0.2, 0.25) is 5.91 Å². The second-order valence-electron chi connectivity index (χ2n) is 6.66. The minimum Gasteiger partial charge on any atom is -0.490 e. The Hall–Kier alpha value is -2.58. The number of hydrogen-bond acceptors (Lipinski definition) is 6. The molecule has 2 N–H and O–H groups in total.